The van der Waals surface area contributed by atoms with Crippen LogP contribution < -0.4 is 24.2 Å². The number of sulfonamides is 1. The van der Waals surface area contributed by atoms with Crippen LogP contribution in [0.1, 0.15) is 28.9 Å². The molecule has 0 spiro atoms. The van der Waals surface area contributed by atoms with E-state index in [1.54, 1.807) is 24.3 Å². The molecule has 0 saturated carbocycles. The van der Waals surface area contributed by atoms with Gasteiger partial charge in [0.2, 0.25) is 0 Å². The van der Waals surface area contributed by atoms with Crippen LogP contribution in [0.5, 0.6) is 17.2 Å². The standard InChI is InChI=1S/C24H24N2O6S/c1-16(18-5-12-22-23(15-18)32-14-13-31-22)25-24(27)17-3-10-21(11-4-17)33(28,29)26-19-6-8-20(30-2)9-7-19/h3-12,15-16,26H,13-14H2,1-2H3,(H,25,27)/t16-/m1/s1. The van der Waals surface area contributed by atoms with E-state index in [0.29, 0.717) is 41.7 Å². The Hall–Kier alpha value is -3.72. The molecule has 0 bridgehead atoms. The molecule has 8 nitrogen and oxygen atoms in total. The Morgan fingerprint density at radius 1 is 0.939 bits per heavy atom. The summed E-state index contributed by atoms with van der Waals surface area (Å²) in [5, 5.41) is 2.92. The lowest BCUT2D eigenvalue weighted by molar-refractivity contribution is 0.0939. The Kier molecular flexibility index (Phi) is 6.41. The molecule has 9 heteroatoms. The third-order valence-electron chi connectivity index (χ3n) is 5.18. The van der Waals surface area contributed by atoms with Gasteiger partial charge in [0.1, 0.15) is 19.0 Å². The minimum atomic E-state index is -3.80. The van der Waals surface area contributed by atoms with Gasteiger partial charge in [-0.05, 0) is 73.2 Å². The van der Waals surface area contributed by atoms with Gasteiger partial charge in [-0.25, -0.2) is 8.42 Å². The van der Waals surface area contributed by atoms with Crippen LogP contribution in [0.25, 0.3) is 0 Å². The molecule has 0 aliphatic carbocycles. The molecule has 1 amide bonds. The highest BCUT2D eigenvalue weighted by atomic mass is 32.2. The summed E-state index contributed by atoms with van der Waals surface area (Å²) < 4.78 is 44.0. The largest absolute Gasteiger partial charge is 0.497 e. The molecule has 1 aliphatic rings. The first kappa shape index (κ1) is 22.5. The van der Waals surface area contributed by atoms with E-state index >= 15 is 0 Å². The number of anilines is 1. The first-order valence-electron chi connectivity index (χ1n) is 10.3. The van der Waals surface area contributed by atoms with E-state index in [9.17, 15) is 13.2 Å². The Morgan fingerprint density at radius 3 is 2.27 bits per heavy atom. The Morgan fingerprint density at radius 2 is 1.61 bits per heavy atom. The van der Waals surface area contributed by atoms with Crippen LogP contribution in [0.4, 0.5) is 5.69 Å². The van der Waals surface area contributed by atoms with Gasteiger partial charge >= 0.3 is 0 Å². The van der Waals surface area contributed by atoms with Crippen molar-refractivity contribution in [1.82, 2.24) is 5.32 Å². The van der Waals surface area contributed by atoms with Crippen molar-refractivity contribution < 1.29 is 27.4 Å². The van der Waals surface area contributed by atoms with Crippen molar-refractivity contribution >= 4 is 21.6 Å². The van der Waals surface area contributed by atoms with Crippen LogP contribution in [0.15, 0.2) is 71.6 Å². The van der Waals surface area contributed by atoms with E-state index in [1.807, 2.05) is 25.1 Å². The third kappa shape index (κ3) is 5.20. The summed E-state index contributed by atoms with van der Waals surface area (Å²) in [6.45, 7) is 2.86. The SMILES string of the molecule is COc1ccc(NS(=O)(=O)c2ccc(C(=O)N[C@H](C)c3ccc4c(c3)OCCO4)cc2)cc1. The van der Waals surface area contributed by atoms with Crippen LogP contribution in [0.2, 0.25) is 0 Å². The lowest BCUT2D eigenvalue weighted by atomic mass is 10.1. The molecule has 3 aromatic rings. The summed E-state index contributed by atoms with van der Waals surface area (Å²) in [4.78, 5) is 12.7. The number of rotatable bonds is 7. The minimum Gasteiger partial charge on any atom is -0.497 e. The number of hydrogen-bond acceptors (Lipinski definition) is 6. The van der Waals surface area contributed by atoms with Gasteiger partial charge in [-0.2, -0.15) is 0 Å². The zero-order chi connectivity index (χ0) is 23.4. The van der Waals surface area contributed by atoms with Crippen LogP contribution in [0, 0.1) is 0 Å². The molecule has 0 unspecified atom stereocenters. The molecule has 1 aliphatic heterocycles. The van der Waals surface area contributed by atoms with Gasteiger partial charge in [-0.1, -0.05) is 6.07 Å². The summed E-state index contributed by atoms with van der Waals surface area (Å²) in [5.41, 5.74) is 1.63. The molecule has 1 heterocycles. The Labute approximate surface area is 192 Å². The molecule has 1 atom stereocenters. The van der Waals surface area contributed by atoms with Gasteiger partial charge in [-0.3, -0.25) is 9.52 Å². The lowest BCUT2D eigenvalue weighted by Crippen LogP contribution is -2.27. The molecule has 0 fully saturated rings. The van der Waals surface area contributed by atoms with E-state index in [-0.39, 0.29) is 16.8 Å². The second kappa shape index (κ2) is 9.41. The van der Waals surface area contributed by atoms with Crippen LogP contribution in [-0.4, -0.2) is 34.6 Å². The summed E-state index contributed by atoms with van der Waals surface area (Å²) in [7, 11) is -2.26. The van der Waals surface area contributed by atoms with Crippen molar-refractivity contribution in [3.05, 3.63) is 77.9 Å². The highest BCUT2D eigenvalue weighted by molar-refractivity contribution is 7.92. The number of amides is 1. The zero-order valence-corrected chi connectivity index (χ0v) is 19.0. The van der Waals surface area contributed by atoms with Crippen LogP contribution in [-0.2, 0) is 10.0 Å². The second-order valence-electron chi connectivity index (χ2n) is 7.46. The highest BCUT2D eigenvalue weighted by Crippen LogP contribution is 2.32. The lowest BCUT2D eigenvalue weighted by Gasteiger charge is -2.21. The van der Waals surface area contributed by atoms with Crippen molar-refractivity contribution in [1.29, 1.82) is 0 Å². The van der Waals surface area contributed by atoms with Crippen molar-refractivity contribution in [2.75, 3.05) is 25.0 Å². The molecule has 2 N–H and O–H groups in total. The highest BCUT2D eigenvalue weighted by Gasteiger charge is 2.18. The van der Waals surface area contributed by atoms with Crippen molar-refractivity contribution in [2.45, 2.75) is 17.9 Å². The summed E-state index contributed by atoms with van der Waals surface area (Å²) >= 11 is 0. The quantitative estimate of drug-likeness (QED) is 0.547. The van der Waals surface area contributed by atoms with E-state index < -0.39 is 10.0 Å². The number of fused-ring (bicyclic) bond motifs is 1. The van der Waals surface area contributed by atoms with Crippen molar-refractivity contribution in [3.8, 4) is 17.2 Å². The van der Waals surface area contributed by atoms with E-state index in [0.717, 1.165) is 5.56 Å². The number of carbonyl (C=O) groups is 1. The first-order valence-corrected chi connectivity index (χ1v) is 11.8. The number of carbonyl (C=O) groups excluding carboxylic acids is 1. The van der Waals surface area contributed by atoms with Gasteiger partial charge in [-0.15, -0.1) is 0 Å². The fourth-order valence-electron chi connectivity index (χ4n) is 3.35. The number of ether oxygens (including phenoxy) is 3. The van der Waals surface area contributed by atoms with Gasteiger partial charge in [0.05, 0.1) is 18.0 Å². The predicted molar refractivity (Wildman–Crippen MR) is 124 cm³/mol. The smallest absolute Gasteiger partial charge is 0.261 e. The monoisotopic (exact) mass is 468 g/mol. The molecule has 0 radical (unpaired) electrons. The van der Waals surface area contributed by atoms with Gasteiger partial charge in [0.25, 0.3) is 15.9 Å². The molecule has 0 aromatic heterocycles. The topological polar surface area (TPSA) is 103 Å². The first-order chi connectivity index (χ1) is 15.9. The van der Waals surface area contributed by atoms with Gasteiger partial charge in [0.15, 0.2) is 11.5 Å². The van der Waals surface area contributed by atoms with Gasteiger partial charge < -0.3 is 19.5 Å². The molecule has 4 rings (SSSR count). The third-order valence-corrected chi connectivity index (χ3v) is 6.58. The van der Waals surface area contributed by atoms with Crippen LogP contribution >= 0.6 is 0 Å². The maximum Gasteiger partial charge on any atom is 0.261 e. The summed E-state index contributed by atoms with van der Waals surface area (Å²) in [5.74, 6) is 1.64. The predicted octanol–water partition coefficient (Wildman–Crippen LogP) is 3.76. The number of benzene rings is 3. The molecule has 3 aromatic carbocycles. The van der Waals surface area contributed by atoms with Crippen molar-refractivity contribution in [3.63, 3.8) is 0 Å². The van der Waals surface area contributed by atoms with E-state index in [1.165, 1.54) is 31.4 Å². The molecule has 33 heavy (non-hydrogen) atoms. The maximum atomic E-state index is 12.7. The van der Waals surface area contributed by atoms with Crippen LogP contribution in [0.3, 0.4) is 0 Å². The molecular formula is C24H24N2O6S. The summed E-state index contributed by atoms with van der Waals surface area (Å²) in [6.07, 6.45) is 0. The van der Waals surface area contributed by atoms with Crippen molar-refractivity contribution in [2.24, 2.45) is 0 Å². The fourth-order valence-corrected chi connectivity index (χ4v) is 4.41. The minimum absolute atomic E-state index is 0.0507. The maximum absolute atomic E-state index is 12.7. The second-order valence-corrected chi connectivity index (χ2v) is 9.14. The fraction of sp³-hybridized carbons (Fsp3) is 0.208. The van der Waals surface area contributed by atoms with E-state index in [2.05, 4.69) is 10.0 Å². The van der Waals surface area contributed by atoms with E-state index in [4.69, 9.17) is 14.2 Å². The van der Waals surface area contributed by atoms with Gasteiger partial charge in [0, 0.05) is 11.3 Å². The normalized spacial score (nSPS) is 13.6. The Bertz CT molecular complexity index is 1240. The molecular weight excluding hydrogens is 444 g/mol. The molecule has 172 valence electrons. The Balaban J connectivity index is 1.42. The number of hydrogen-bond donors (Lipinski definition) is 2. The number of methoxy groups -OCH3 is 1. The average molecular weight is 469 g/mol. The summed E-state index contributed by atoms with van der Waals surface area (Å²) in [6, 6.07) is 17.6. The average Bonchev–Trinajstić information content (AvgIpc) is 2.84. The molecule has 0 saturated heterocycles. The number of nitrogens with one attached hydrogen (secondary N) is 2. The zero-order valence-electron chi connectivity index (χ0n) is 18.2.